The zero-order valence-electron chi connectivity index (χ0n) is 15.5. The Morgan fingerprint density at radius 1 is 1.00 bits per heavy atom. The minimum absolute atomic E-state index is 0.184. The number of amides is 1. The molecule has 0 spiro atoms. The van der Waals surface area contributed by atoms with Crippen LogP contribution in [0.4, 0.5) is 0 Å². The minimum Gasteiger partial charge on any atom is -0.482 e. The molecule has 1 amide bonds. The van der Waals surface area contributed by atoms with Crippen molar-refractivity contribution in [3.63, 3.8) is 0 Å². The van der Waals surface area contributed by atoms with E-state index in [-0.39, 0.29) is 25.0 Å². The summed E-state index contributed by atoms with van der Waals surface area (Å²) in [5.74, 6) is -0.114. The monoisotopic (exact) mass is 355 g/mol. The first-order chi connectivity index (χ1) is 12.5. The van der Waals surface area contributed by atoms with Gasteiger partial charge in [-0.05, 0) is 48.6 Å². The Kier molecular flexibility index (Phi) is 7.21. The fourth-order valence-corrected chi connectivity index (χ4v) is 2.35. The zero-order valence-corrected chi connectivity index (χ0v) is 15.5. The number of hydrogen-bond donors (Lipinski definition) is 1. The maximum Gasteiger partial charge on any atom is 0.344 e. The Balaban J connectivity index is 1.66. The molecule has 0 heterocycles. The molecule has 5 heteroatoms. The van der Waals surface area contributed by atoms with Gasteiger partial charge in [-0.25, -0.2) is 4.79 Å². The lowest BCUT2D eigenvalue weighted by atomic mass is 10.0. The zero-order chi connectivity index (χ0) is 18.9. The van der Waals surface area contributed by atoms with Crippen molar-refractivity contribution in [2.75, 3.05) is 19.8 Å². The van der Waals surface area contributed by atoms with Gasteiger partial charge in [-0.15, -0.1) is 0 Å². The molecule has 0 saturated carbocycles. The molecule has 0 fully saturated rings. The summed E-state index contributed by atoms with van der Waals surface area (Å²) >= 11 is 0. The van der Waals surface area contributed by atoms with E-state index in [4.69, 9.17) is 9.47 Å². The number of carbonyl (C=O) groups is 2. The second kappa shape index (κ2) is 9.61. The van der Waals surface area contributed by atoms with Gasteiger partial charge in [0.2, 0.25) is 0 Å². The first-order valence-electron chi connectivity index (χ1n) is 8.63. The molecule has 138 valence electrons. The largest absolute Gasteiger partial charge is 0.482 e. The summed E-state index contributed by atoms with van der Waals surface area (Å²) in [6, 6.07) is 15.5. The van der Waals surface area contributed by atoms with Crippen LogP contribution in [0.1, 0.15) is 29.5 Å². The van der Waals surface area contributed by atoms with E-state index in [9.17, 15) is 9.59 Å². The van der Waals surface area contributed by atoms with E-state index in [1.165, 1.54) is 0 Å². The summed E-state index contributed by atoms with van der Waals surface area (Å²) < 4.78 is 10.3. The van der Waals surface area contributed by atoms with Gasteiger partial charge >= 0.3 is 5.97 Å². The molecule has 0 aromatic heterocycles. The first kappa shape index (κ1) is 19.5. The van der Waals surface area contributed by atoms with Gasteiger partial charge in [0.15, 0.2) is 13.2 Å². The maximum atomic E-state index is 11.8. The highest BCUT2D eigenvalue weighted by molar-refractivity contribution is 5.80. The third-order valence-electron chi connectivity index (χ3n) is 4.17. The molecule has 2 rings (SSSR count). The summed E-state index contributed by atoms with van der Waals surface area (Å²) in [5, 5.41) is 2.77. The van der Waals surface area contributed by atoms with Crippen molar-refractivity contribution < 1.29 is 19.1 Å². The average molecular weight is 355 g/mol. The van der Waals surface area contributed by atoms with Crippen LogP contribution in [0.2, 0.25) is 0 Å². The van der Waals surface area contributed by atoms with E-state index < -0.39 is 5.97 Å². The molecule has 0 unspecified atom stereocenters. The molecule has 0 aliphatic heterocycles. The van der Waals surface area contributed by atoms with Gasteiger partial charge in [0.25, 0.3) is 5.91 Å². The number of ether oxygens (including phenoxy) is 2. The predicted octanol–water partition coefficient (Wildman–Crippen LogP) is 3.15. The van der Waals surface area contributed by atoms with Crippen LogP contribution in [-0.4, -0.2) is 31.6 Å². The van der Waals surface area contributed by atoms with E-state index in [1.807, 2.05) is 63.2 Å². The molecular formula is C21H25NO4. The van der Waals surface area contributed by atoms with Gasteiger partial charge in [0.1, 0.15) is 5.75 Å². The summed E-state index contributed by atoms with van der Waals surface area (Å²) in [4.78, 5) is 23.5. The van der Waals surface area contributed by atoms with Crippen LogP contribution >= 0.6 is 0 Å². The Morgan fingerprint density at radius 3 is 2.42 bits per heavy atom. The maximum absolute atomic E-state index is 11.8. The Hall–Kier alpha value is -2.82. The number of hydrogen-bond acceptors (Lipinski definition) is 4. The summed E-state index contributed by atoms with van der Waals surface area (Å²) in [5.41, 5.74) is 3.38. The molecule has 0 aliphatic rings. The van der Waals surface area contributed by atoms with E-state index in [0.717, 1.165) is 16.7 Å². The number of nitrogens with one attached hydrogen (secondary N) is 1. The van der Waals surface area contributed by atoms with Crippen LogP contribution in [-0.2, 0) is 14.3 Å². The second-order valence-corrected chi connectivity index (χ2v) is 6.31. The summed E-state index contributed by atoms with van der Waals surface area (Å²) in [6.07, 6.45) is 0. The molecule has 1 atom stereocenters. The molecular weight excluding hydrogens is 330 g/mol. The smallest absolute Gasteiger partial charge is 0.344 e. The van der Waals surface area contributed by atoms with E-state index >= 15 is 0 Å². The molecule has 2 aromatic rings. The van der Waals surface area contributed by atoms with E-state index in [2.05, 4.69) is 5.32 Å². The van der Waals surface area contributed by atoms with Crippen molar-refractivity contribution in [2.24, 2.45) is 0 Å². The fourth-order valence-electron chi connectivity index (χ4n) is 2.35. The lowest BCUT2D eigenvalue weighted by Crippen LogP contribution is -2.32. The third kappa shape index (κ3) is 6.24. The molecule has 0 aliphatic carbocycles. The van der Waals surface area contributed by atoms with Crippen molar-refractivity contribution in [1.29, 1.82) is 0 Å². The minimum atomic E-state index is -0.575. The van der Waals surface area contributed by atoms with Crippen LogP contribution in [0.5, 0.6) is 5.75 Å². The Bertz CT molecular complexity index is 743. The van der Waals surface area contributed by atoms with Crippen LogP contribution in [0.3, 0.4) is 0 Å². The van der Waals surface area contributed by atoms with Crippen molar-refractivity contribution >= 4 is 11.9 Å². The average Bonchev–Trinajstić information content (AvgIpc) is 2.66. The Morgan fingerprint density at radius 2 is 1.73 bits per heavy atom. The van der Waals surface area contributed by atoms with Crippen LogP contribution in [0.25, 0.3) is 0 Å². The normalized spacial score (nSPS) is 11.5. The molecule has 0 radical (unpaired) electrons. The standard InChI is InChI=1S/C21H25NO4/c1-15-9-10-19(11-16(15)2)25-14-21(24)26-13-20(23)22-12-17(3)18-7-5-4-6-8-18/h4-11,17H,12-14H2,1-3H3,(H,22,23)/t17-/m1/s1. The second-order valence-electron chi connectivity index (χ2n) is 6.31. The molecule has 26 heavy (non-hydrogen) atoms. The highest BCUT2D eigenvalue weighted by atomic mass is 16.6. The molecule has 0 bridgehead atoms. The van der Waals surface area contributed by atoms with E-state index in [1.54, 1.807) is 6.07 Å². The predicted molar refractivity (Wildman–Crippen MR) is 100 cm³/mol. The van der Waals surface area contributed by atoms with Crippen molar-refractivity contribution in [1.82, 2.24) is 5.32 Å². The fraction of sp³-hybridized carbons (Fsp3) is 0.333. The van der Waals surface area contributed by atoms with Crippen molar-refractivity contribution in [2.45, 2.75) is 26.7 Å². The number of rotatable bonds is 8. The summed E-state index contributed by atoms with van der Waals surface area (Å²) in [6.45, 7) is 5.96. The van der Waals surface area contributed by atoms with E-state index in [0.29, 0.717) is 12.3 Å². The van der Waals surface area contributed by atoms with Crippen molar-refractivity contribution in [3.05, 3.63) is 65.2 Å². The van der Waals surface area contributed by atoms with Crippen LogP contribution < -0.4 is 10.1 Å². The molecule has 0 saturated heterocycles. The van der Waals surface area contributed by atoms with Gasteiger partial charge in [0.05, 0.1) is 0 Å². The van der Waals surface area contributed by atoms with Gasteiger partial charge in [0, 0.05) is 6.54 Å². The molecule has 5 nitrogen and oxygen atoms in total. The Labute approximate surface area is 154 Å². The number of aryl methyl sites for hydroxylation is 2. The van der Waals surface area contributed by atoms with Crippen LogP contribution in [0, 0.1) is 13.8 Å². The van der Waals surface area contributed by atoms with Gasteiger partial charge < -0.3 is 14.8 Å². The van der Waals surface area contributed by atoms with Gasteiger partial charge in [-0.1, -0.05) is 43.3 Å². The lowest BCUT2D eigenvalue weighted by Gasteiger charge is -2.13. The highest BCUT2D eigenvalue weighted by Gasteiger charge is 2.11. The highest BCUT2D eigenvalue weighted by Crippen LogP contribution is 2.16. The molecule has 2 aromatic carbocycles. The molecule has 1 N–H and O–H groups in total. The SMILES string of the molecule is Cc1ccc(OCC(=O)OCC(=O)NC[C@@H](C)c2ccccc2)cc1C. The number of esters is 1. The first-order valence-corrected chi connectivity index (χ1v) is 8.63. The summed E-state index contributed by atoms with van der Waals surface area (Å²) in [7, 11) is 0. The topological polar surface area (TPSA) is 64.6 Å². The van der Waals surface area contributed by atoms with Gasteiger partial charge in [-0.3, -0.25) is 4.79 Å². The number of benzene rings is 2. The number of carbonyl (C=O) groups excluding carboxylic acids is 2. The lowest BCUT2D eigenvalue weighted by molar-refractivity contribution is -0.150. The van der Waals surface area contributed by atoms with Gasteiger partial charge in [-0.2, -0.15) is 0 Å². The van der Waals surface area contributed by atoms with Crippen molar-refractivity contribution in [3.8, 4) is 5.75 Å². The quantitative estimate of drug-likeness (QED) is 0.739. The van der Waals surface area contributed by atoms with Crippen LogP contribution in [0.15, 0.2) is 48.5 Å². The third-order valence-corrected chi connectivity index (χ3v) is 4.17.